The lowest BCUT2D eigenvalue weighted by Crippen LogP contribution is -2.07. The van der Waals surface area contributed by atoms with Crippen LogP contribution < -0.4 is 5.32 Å². The van der Waals surface area contributed by atoms with Crippen LogP contribution >= 0.6 is 22.9 Å². The molecule has 1 N–H and O–H groups in total. The fourth-order valence-corrected chi connectivity index (χ4v) is 3.58. The van der Waals surface area contributed by atoms with Gasteiger partial charge in [-0.2, -0.15) is 0 Å². The van der Waals surface area contributed by atoms with E-state index in [0.29, 0.717) is 10.2 Å². The first-order valence-corrected chi connectivity index (χ1v) is 8.14. The van der Waals surface area contributed by atoms with E-state index < -0.39 is 0 Å². The predicted octanol–water partition coefficient (Wildman–Crippen LogP) is 4.33. The van der Waals surface area contributed by atoms with Crippen LogP contribution in [-0.2, 0) is 17.6 Å². The van der Waals surface area contributed by atoms with Gasteiger partial charge < -0.3 is 0 Å². The van der Waals surface area contributed by atoms with Crippen molar-refractivity contribution in [1.29, 1.82) is 0 Å². The van der Waals surface area contributed by atoms with Crippen LogP contribution in [-0.4, -0.2) is 10.9 Å². The predicted molar refractivity (Wildman–Crippen MR) is 87.9 cm³/mol. The van der Waals surface area contributed by atoms with Gasteiger partial charge in [0.15, 0.2) is 5.13 Å². The second-order valence-electron chi connectivity index (χ2n) is 4.94. The Hall–Kier alpha value is -1.65. The van der Waals surface area contributed by atoms with Crippen molar-refractivity contribution < 1.29 is 4.79 Å². The summed E-state index contributed by atoms with van der Waals surface area (Å²) in [6, 6.07) is 7.42. The quantitative estimate of drug-likeness (QED) is 0.856. The van der Waals surface area contributed by atoms with Crippen molar-refractivity contribution in [2.45, 2.75) is 25.7 Å². The first kappa shape index (κ1) is 14.3. The molecule has 1 amide bonds. The van der Waals surface area contributed by atoms with E-state index in [1.807, 2.05) is 18.2 Å². The van der Waals surface area contributed by atoms with E-state index in [0.717, 1.165) is 24.1 Å². The van der Waals surface area contributed by atoms with Crippen molar-refractivity contribution in [1.82, 2.24) is 4.98 Å². The van der Waals surface area contributed by atoms with Gasteiger partial charge in [0.1, 0.15) is 0 Å². The number of aromatic nitrogens is 1. The van der Waals surface area contributed by atoms with E-state index >= 15 is 0 Å². The van der Waals surface area contributed by atoms with Crippen LogP contribution in [0.25, 0.3) is 6.08 Å². The van der Waals surface area contributed by atoms with Crippen LogP contribution in [0.1, 0.15) is 29.0 Å². The summed E-state index contributed by atoms with van der Waals surface area (Å²) in [4.78, 5) is 17.7. The van der Waals surface area contributed by atoms with E-state index in [9.17, 15) is 4.79 Å². The molecule has 0 aliphatic heterocycles. The van der Waals surface area contributed by atoms with Gasteiger partial charge in [0.25, 0.3) is 0 Å². The summed E-state index contributed by atoms with van der Waals surface area (Å²) in [5.74, 6) is -0.180. The number of nitrogens with zero attached hydrogens (tertiary/aromatic N) is 1. The second-order valence-corrected chi connectivity index (χ2v) is 6.43. The molecule has 0 spiro atoms. The number of amides is 1. The summed E-state index contributed by atoms with van der Waals surface area (Å²) in [7, 11) is 0. The van der Waals surface area contributed by atoms with E-state index in [1.165, 1.54) is 23.8 Å². The maximum Gasteiger partial charge on any atom is 0.250 e. The highest BCUT2D eigenvalue weighted by atomic mass is 35.5. The van der Waals surface area contributed by atoms with E-state index in [4.69, 9.17) is 11.6 Å². The van der Waals surface area contributed by atoms with Crippen LogP contribution in [0.15, 0.2) is 30.3 Å². The number of benzene rings is 1. The molecule has 1 aliphatic rings. The topological polar surface area (TPSA) is 42.0 Å². The van der Waals surface area contributed by atoms with Crippen molar-refractivity contribution >= 4 is 40.1 Å². The van der Waals surface area contributed by atoms with Crippen molar-refractivity contribution in [3.05, 3.63) is 51.5 Å². The van der Waals surface area contributed by atoms with Crippen LogP contribution in [0.3, 0.4) is 0 Å². The van der Waals surface area contributed by atoms with Gasteiger partial charge in [-0.05, 0) is 43.4 Å². The monoisotopic (exact) mass is 318 g/mol. The highest BCUT2D eigenvalue weighted by molar-refractivity contribution is 7.15. The Bertz CT molecular complexity index is 670. The summed E-state index contributed by atoms with van der Waals surface area (Å²) >= 11 is 7.63. The first-order valence-electron chi connectivity index (χ1n) is 6.94. The number of rotatable bonds is 3. The van der Waals surface area contributed by atoms with E-state index in [-0.39, 0.29) is 5.91 Å². The SMILES string of the molecule is O=C(C=Cc1ccccc1Cl)Nc1nc2c(s1)CCCC2. The summed E-state index contributed by atoms with van der Waals surface area (Å²) in [5.41, 5.74) is 1.98. The van der Waals surface area contributed by atoms with Crippen molar-refractivity contribution in [2.24, 2.45) is 0 Å². The smallest absolute Gasteiger partial charge is 0.250 e. The minimum Gasteiger partial charge on any atom is -0.298 e. The molecule has 1 aliphatic carbocycles. The number of thiazole rings is 1. The van der Waals surface area contributed by atoms with Gasteiger partial charge in [0, 0.05) is 16.0 Å². The van der Waals surface area contributed by atoms with Crippen molar-refractivity contribution in [3.8, 4) is 0 Å². The Balaban J connectivity index is 1.66. The number of hydrogen-bond donors (Lipinski definition) is 1. The first-order chi connectivity index (χ1) is 10.2. The Kier molecular flexibility index (Phi) is 4.36. The number of hydrogen-bond acceptors (Lipinski definition) is 3. The lowest BCUT2D eigenvalue weighted by atomic mass is 10.0. The molecule has 2 aromatic rings. The standard InChI is InChI=1S/C16H15ClN2OS/c17-12-6-2-1-5-11(12)9-10-15(20)19-16-18-13-7-3-4-8-14(13)21-16/h1-2,5-6,9-10H,3-4,7-8H2,(H,18,19,20). The Morgan fingerprint density at radius 3 is 2.90 bits per heavy atom. The summed E-state index contributed by atoms with van der Waals surface area (Å²) in [5, 5.41) is 4.15. The number of aryl methyl sites for hydroxylation is 2. The van der Waals surface area contributed by atoms with Crippen molar-refractivity contribution in [3.63, 3.8) is 0 Å². The summed E-state index contributed by atoms with van der Waals surface area (Å²) < 4.78 is 0. The van der Waals surface area contributed by atoms with Crippen LogP contribution in [0.5, 0.6) is 0 Å². The third kappa shape index (κ3) is 3.52. The Morgan fingerprint density at radius 1 is 1.29 bits per heavy atom. The maximum atomic E-state index is 11.9. The number of halogens is 1. The van der Waals surface area contributed by atoms with E-state index in [1.54, 1.807) is 23.5 Å². The Morgan fingerprint density at radius 2 is 2.10 bits per heavy atom. The summed E-state index contributed by atoms with van der Waals surface area (Å²) in [6.45, 7) is 0. The number of nitrogens with one attached hydrogen (secondary N) is 1. The normalized spacial score (nSPS) is 14.1. The molecular weight excluding hydrogens is 304 g/mol. The minimum absolute atomic E-state index is 0.180. The minimum atomic E-state index is -0.180. The van der Waals surface area contributed by atoms with Gasteiger partial charge in [0.05, 0.1) is 5.69 Å². The molecule has 1 aromatic heterocycles. The lowest BCUT2D eigenvalue weighted by Gasteiger charge is -2.06. The number of carbonyl (C=O) groups excluding carboxylic acids is 1. The van der Waals surface area contributed by atoms with Gasteiger partial charge in [0.2, 0.25) is 5.91 Å². The third-order valence-electron chi connectivity index (χ3n) is 3.40. The zero-order valence-corrected chi connectivity index (χ0v) is 13.0. The fourth-order valence-electron chi connectivity index (χ4n) is 2.33. The highest BCUT2D eigenvalue weighted by Crippen LogP contribution is 2.29. The average Bonchev–Trinajstić information content (AvgIpc) is 2.88. The fraction of sp³-hybridized carbons (Fsp3) is 0.250. The molecule has 3 nitrogen and oxygen atoms in total. The maximum absolute atomic E-state index is 11.9. The lowest BCUT2D eigenvalue weighted by molar-refractivity contribution is -0.111. The number of carbonyl (C=O) groups is 1. The van der Waals surface area contributed by atoms with Crippen LogP contribution in [0.4, 0.5) is 5.13 Å². The largest absolute Gasteiger partial charge is 0.298 e. The molecule has 0 unspecified atom stereocenters. The Labute approximate surface area is 132 Å². The highest BCUT2D eigenvalue weighted by Gasteiger charge is 2.15. The molecule has 0 saturated carbocycles. The molecule has 5 heteroatoms. The molecule has 0 atom stereocenters. The third-order valence-corrected chi connectivity index (χ3v) is 4.81. The zero-order chi connectivity index (χ0) is 14.7. The van der Waals surface area contributed by atoms with Gasteiger partial charge in [-0.1, -0.05) is 29.8 Å². The molecule has 0 radical (unpaired) electrons. The van der Waals surface area contributed by atoms with Gasteiger partial charge in [-0.3, -0.25) is 10.1 Å². The molecule has 21 heavy (non-hydrogen) atoms. The molecule has 108 valence electrons. The van der Waals surface area contributed by atoms with Crippen LogP contribution in [0.2, 0.25) is 5.02 Å². The van der Waals surface area contributed by atoms with Gasteiger partial charge >= 0.3 is 0 Å². The van der Waals surface area contributed by atoms with Crippen LogP contribution in [0, 0.1) is 0 Å². The van der Waals surface area contributed by atoms with E-state index in [2.05, 4.69) is 10.3 Å². The average molecular weight is 319 g/mol. The second kappa shape index (κ2) is 6.41. The van der Waals surface area contributed by atoms with Crippen molar-refractivity contribution in [2.75, 3.05) is 5.32 Å². The molecule has 0 fully saturated rings. The molecular formula is C16H15ClN2OS. The van der Waals surface area contributed by atoms with Gasteiger partial charge in [-0.25, -0.2) is 4.98 Å². The van der Waals surface area contributed by atoms with Gasteiger partial charge in [-0.15, -0.1) is 11.3 Å². The number of anilines is 1. The molecule has 1 aromatic carbocycles. The number of fused-ring (bicyclic) bond motifs is 1. The molecule has 0 saturated heterocycles. The zero-order valence-electron chi connectivity index (χ0n) is 11.4. The molecule has 1 heterocycles. The molecule has 0 bridgehead atoms. The molecule has 3 rings (SSSR count). The summed E-state index contributed by atoms with van der Waals surface area (Å²) in [6.07, 6.45) is 7.72.